The van der Waals surface area contributed by atoms with Crippen LogP contribution in [-0.2, 0) is 23.2 Å². The third-order valence-electron chi connectivity index (χ3n) is 7.54. The monoisotopic (exact) mass is 463 g/mol. The molecule has 1 unspecified atom stereocenters. The van der Waals surface area contributed by atoms with Crippen LogP contribution >= 0.6 is 0 Å². The van der Waals surface area contributed by atoms with E-state index in [2.05, 4.69) is 89.9 Å². The number of hydrogen-bond donors (Lipinski definition) is 1. The van der Waals surface area contributed by atoms with Gasteiger partial charge in [0.05, 0.1) is 23.7 Å². The van der Waals surface area contributed by atoms with Gasteiger partial charge in [0.15, 0.2) is 0 Å². The number of H-pyrrole nitrogens is 1. The molecule has 2 aliphatic carbocycles. The van der Waals surface area contributed by atoms with E-state index < -0.39 is 0 Å². The van der Waals surface area contributed by atoms with E-state index in [1.54, 1.807) is 7.11 Å². The number of aromatic amines is 1. The lowest BCUT2D eigenvalue weighted by molar-refractivity contribution is -0.120. The molecule has 3 aromatic carbocycles. The van der Waals surface area contributed by atoms with E-state index in [1.165, 1.54) is 11.1 Å². The van der Waals surface area contributed by atoms with Gasteiger partial charge in [-0.1, -0.05) is 48.5 Å². The quantitative estimate of drug-likeness (QED) is 0.419. The van der Waals surface area contributed by atoms with E-state index >= 15 is 0 Å². The molecule has 0 radical (unpaired) electrons. The van der Waals surface area contributed by atoms with Crippen LogP contribution in [0.5, 0.6) is 5.75 Å². The summed E-state index contributed by atoms with van der Waals surface area (Å²) in [5.74, 6) is 1.35. The maximum atomic E-state index is 13.1. The molecule has 2 aliphatic rings. The molecular weight excluding hydrogens is 434 g/mol. The van der Waals surface area contributed by atoms with Gasteiger partial charge < -0.3 is 9.64 Å². The number of nitrogens with zero attached hydrogens (tertiary/aromatic N) is 2. The molecule has 0 saturated heterocycles. The zero-order chi connectivity index (χ0) is 24.2. The lowest BCUT2D eigenvalue weighted by Gasteiger charge is -2.12. The SMILES string of the molecule is COc1ccc2c(c1)[C@]1(CC1c1ccc3c(/C=C/c4ccc(CN(C)C)cc4)n[nH]c3c1)C(=O)C2. The fourth-order valence-electron chi connectivity index (χ4n) is 5.68. The molecule has 1 heterocycles. The second-order valence-electron chi connectivity index (χ2n) is 10.1. The maximum absolute atomic E-state index is 13.1. The van der Waals surface area contributed by atoms with Gasteiger partial charge in [0.25, 0.3) is 0 Å². The van der Waals surface area contributed by atoms with Crippen LogP contribution in [0.4, 0.5) is 0 Å². The van der Waals surface area contributed by atoms with Crippen molar-refractivity contribution in [1.29, 1.82) is 0 Å². The Balaban J connectivity index is 1.24. The van der Waals surface area contributed by atoms with Crippen LogP contribution in [0, 0.1) is 0 Å². The summed E-state index contributed by atoms with van der Waals surface area (Å²) in [4.78, 5) is 15.3. The molecule has 4 aromatic rings. The van der Waals surface area contributed by atoms with E-state index in [4.69, 9.17) is 4.74 Å². The number of nitrogens with one attached hydrogen (secondary N) is 1. The van der Waals surface area contributed by atoms with Gasteiger partial charge in [0.2, 0.25) is 0 Å². The molecule has 0 aliphatic heterocycles. The Morgan fingerprint density at radius 1 is 1.09 bits per heavy atom. The largest absolute Gasteiger partial charge is 0.497 e. The van der Waals surface area contributed by atoms with Crippen LogP contribution in [-0.4, -0.2) is 42.1 Å². The molecule has 1 saturated carbocycles. The van der Waals surface area contributed by atoms with Crippen molar-refractivity contribution in [2.24, 2.45) is 0 Å². The predicted octanol–water partition coefficient (Wildman–Crippen LogP) is 5.35. The highest BCUT2D eigenvalue weighted by atomic mass is 16.5. The third kappa shape index (κ3) is 3.67. The van der Waals surface area contributed by atoms with Gasteiger partial charge in [0, 0.05) is 24.3 Å². The smallest absolute Gasteiger partial charge is 0.148 e. The number of fused-ring (bicyclic) bond motifs is 3. The second kappa shape index (κ2) is 8.21. The standard InChI is InChI=1S/C30H29N3O2/c1-33(2)18-20-6-4-19(5-7-20)8-13-27-24-12-10-21(14-28(24)32-31-27)26-17-30(26)25-16-23(35-3)11-9-22(25)15-29(30)34/h4-14,16,26H,15,17-18H2,1-3H3,(H,31,32)/b13-8+/t26?,30-/m0/s1. The number of ether oxygens (including phenoxy) is 1. The van der Waals surface area contributed by atoms with Crippen LogP contribution < -0.4 is 4.74 Å². The van der Waals surface area contributed by atoms with Crippen LogP contribution in [0.3, 0.4) is 0 Å². The van der Waals surface area contributed by atoms with Gasteiger partial charge in [-0.2, -0.15) is 5.10 Å². The number of rotatable bonds is 6. The van der Waals surface area contributed by atoms with Gasteiger partial charge in [-0.25, -0.2) is 0 Å². The molecule has 6 rings (SSSR count). The van der Waals surface area contributed by atoms with Crippen LogP contribution in [0.25, 0.3) is 23.1 Å². The first kappa shape index (κ1) is 21.8. The summed E-state index contributed by atoms with van der Waals surface area (Å²) < 4.78 is 5.44. The van der Waals surface area contributed by atoms with E-state index in [0.29, 0.717) is 12.2 Å². The predicted molar refractivity (Wildman–Crippen MR) is 140 cm³/mol. The zero-order valence-corrected chi connectivity index (χ0v) is 20.3. The van der Waals surface area contributed by atoms with Crippen molar-refractivity contribution in [1.82, 2.24) is 15.1 Å². The van der Waals surface area contributed by atoms with Crippen LogP contribution in [0.1, 0.15) is 45.8 Å². The molecule has 1 aromatic heterocycles. The minimum atomic E-state index is -0.390. The molecule has 0 amide bonds. The number of carbonyl (C=O) groups excluding carboxylic acids is 1. The van der Waals surface area contributed by atoms with Crippen molar-refractivity contribution in [2.45, 2.75) is 30.7 Å². The Kier molecular flexibility index (Phi) is 5.11. The molecular formula is C30H29N3O2. The molecule has 1 spiro atoms. The van der Waals surface area contributed by atoms with Crippen molar-refractivity contribution in [3.8, 4) is 5.75 Å². The molecule has 5 nitrogen and oxygen atoms in total. The lowest BCUT2D eigenvalue weighted by atomic mass is 9.91. The number of ketones is 1. The topological polar surface area (TPSA) is 58.2 Å². The zero-order valence-electron chi connectivity index (χ0n) is 20.3. The fourth-order valence-corrected chi connectivity index (χ4v) is 5.68. The summed E-state index contributed by atoms with van der Waals surface area (Å²) in [6.45, 7) is 0.934. The Morgan fingerprint density at radius 3 is 2.69 bits per heavy atom. The first-order valence-corrected chi connectivity index (χ1v) is 12.1. The Hall–Kier alpha value is -3.70. The van der Waals surface area contributed by atoms with Crippen LogP contribution in [0.15, 0.2) is 60.7 Å². The lowest BCUT2D eigenvalue weighted by Crippen LogP contribution is -2.16. The average Bonchev–Trinajstić information content (AvgIpc) is 3.40. The summed E-state index contributed by atoms with van der Waals surface area (Å²) >= 11 is 0. The number of aromatic nitrogens is 2. The van der Waals surface area contributed by atoms with Crippen molar-refractivity contribution < 1.29 is 9.53 Å². The van der Waals surface area contributed by atoms with Crippen molar-refractivity contribution in [2.75, 3.05) is 21.2 Å². The third-order valence-corrected chi connectivity index (χ3v) is 7.54. The van der Waals surface area contributed by atoms with Gasteiger partial charge in [0.1, 0.15) is 11.5 Å². The number of hydrogen-bond acceptors (Lipinski definition) is 4. The molecule has 35 heavy (non-hydrogen) atoms. The Labute approximate surface area is 205 Å². The van der Waals surface area contributed by atoms with E-state index in [9.17, 15) is 4.79 Å². The number of benzene rings is 3. The van der Waals surface area contributed by atoms with Crippen LogP contribution in [0.2, 0.25) is 0 Å². The Bertz CT molecular complexity index is 1460. The van der Waals surface area contributed by atoms with Crippen molar-refractivity contribution in [3.63, 3.8) is 0 Å². The molecule has 176 valence electrons. The normalized spacial score (nSPS) is 20.9. The summed E-state index contributed by atoms with van der Waals surface area (Å²) in [7, 11) is 5.83. The van der Waals surface area contributed by atoms with Gasteiger partial charge in [-0.15, -0.1) is 0 Å². The molecule has 2 atom stereocenters. The Morgan fingerprint density at radius 2 is 1.91 bits per heavy atom. The molecule has 5 heteroatoms. The minimum absolute atomic E-state index is 0.204. The van der Waals surface area contributed by atoms with E-state index in [0.717, 1.165) is 52.0 Å². The highest BCUT2D eigenvalue weighted by Crippen LogP contribution is 2.65. The van der Waals surface area contributed by atoms with Gasteiger partial charge in [-0.3, -0.25) is 9.89 Å². The molecule has 1 fully saturated rings. The van der Waals surface area contributed by atoms with E-state index in [1.807, 2.05) is 12.1 Å². The van der Waals surface area contributed by atoms with Gasteiger partial charge >= 0.3 is 0 Å². The van der Waals surface area contributed by atoms with E-state index in [-0.39, 0.29) is 11.3 Å². The number of carbonyl (C=O) groups is 1. The molecule has 1 N–H and O–H groups in total. The van der Waals surface area contributed by atoms with Crippen molar-refractivity contribution in [3.05, 3.63) is 94.2 Å². The average molecular weight is 464 g/mol. The number of methoxy groups -OCH3 is 1. The summed E-state index contributed by atoms with van der Waals surface area (Å²) in [5, 5.41) is 8.83. The summed E-state index contributed by atoms with van der Waals surface area (Å²) in [6, 6.07) is 21.1. The first-order chi connectivity index (χ1) is 17.0. The minimum Gasteiger partial charge on any atom is -0.497 e. The highest BCUT2D eigenvalue weighted by molar-refractivity contribution is 6.01. The highest BCUT2D eigenvalue weighted by Gasteiger charge is 2.64. The summed E-state index contributed by atoms with van der Waals surface area (Å²) in [5.41, 5.74) is 7.46. The maximum Gasteiger partial charge on any atom is 0.148 e. The van der Waals surface area contributed by atoms with Gasteiger partial charge in [-0.05, 0) is 72.6 Å². The summed E-state index contributed by atoms with van der Waals surface area (Å²) in [6.07, 6.45) is 5.54. The second-order valence-corrected chi connectivity index (χ2v) is 10.1. The fraction of sp³-hybridized carbons (Fsp3) is 0.267. The number of Topliss-reactive ketones (excluding diaryl/α,β-unsaturated/α-hetero) is 1. The first-order valence-electron chi connectivity index (χ1n) is 12.1. The molecule has 0 bridgehead atoms. The van der Waals surface area contributed by atoms with Crippen molar-refractivity contribution >= 4 is 28.8 Å².